The first-order valence-electron chi connectivity index (χ1n) is 4.08. The maximum absolute atomic E-state index is 11.4. The fourth-order valence-electron chi connectivity index (χ4n) is 0.613. The summed E-state index contributed by atoms with van der Waals surface area (Å²) in [4.78, 5) is 11.4. The first-order chi connectivity index (χ1) is 6.23. The van der Waals surface area contributed by atoms with E-state index in [-0.39, 0.29) is 13.0 Å². The Balaban J connectivity index is 4.48. The summed E-state index contributed by atoms with van der Waals surface area (Å²) in [5, 5.41) is 10.6. The number of hydrogen-bond acceptors (Lipinski definition) is 4. The lowest BCUT2D eigenvalue weighted by molar-refractivity contribution is -0.122. The molecule has 0 rings (SSSR count). The number of carbonyl (C=O) groups is 1. The molecule has 0 aliphatic rings. The largest absolute Gasteiger partial charge is 0.354 e. The summed E-state index contributed by atoms with van der Waals surface area (Å²) in [7, 11) is -3.43. The molecule has 1 amide bonds. The zero-order chi connectivity index (χ0) is 11.4. The molecular formula is C8H14N2O3S. The number of amides is 1. The maximum Gasteiger partial charge on any atom is 0.240 e. The van der Waals surface area contributed by atoms with Gasteiger partial charge in [0, 0.05) is 12.8 Å². The van der Waals surface area contributed by atoms with E-state index in [4.69, 9.17) is 5.26 Å². The average Bonchev–Trinajstić information content (AvgIpc) is 2.02. The normalized spacial score (nSPS) is 11.9. The predicted molar refractivity (Wildman–Crippen MR) is 52.2 cm³/mol. The highest BCUT2D eigenvalue weighted by Gasteiger charge is 2.37. The van der Waals surface area contributed by atoms with E-state index < -0.39 is 20.5 Å². The van der Waals surface area contributed by atoms with E-state index >= 15 is 0 Å². The third kappa shape index (κ3) is 3.00. The first kappa shape index (κ1) is 12.9. The summed E-state index contributed by atoms with van der Waals surface area (Å²) < 4.78 is 21.0. The van der Waals surface area contributed by atoms with Gasteiger partial charge in [-0.1, -0.05) is 0 Å². The second-order valence-corrected chi connectivity index (χ2v) is 6.01. The van der Waals surface area contributed by atoms with Gasteiger partial charge in [-0.3, -0.25) is 4.79 Å². The quantitative estimate of drug-likeness (QED) is 0.664. The second-order valence-electron chi connectivity index (χ2n) is 3.45. The minimum Gasteiger partial charge on any atom is -0.354 e. The van der Waals surface area contributed by atoms with E-state index in [1.54, 1.807) is 0 Å². The van der Waals surface area contributed by atoms with Gasteiger partial charge in [-0.05, 0) is 13.8 Å². The van der Waals surface area contributed by atoms with E-state index in [9.17, 15) is 13.2 Å². The van der Waals surface area contributed by atoms with Crippen molar-refractivity contribution in [3.8, 4) is 6.07 Å². The molecule has 5 nitrogen and oxygen atoms in total. The summed E-state index contributed by atoms with van der Waals surface area (Å²) in [5.41, 5.74) is 0. The number of carbonyl (C=O) groups excluding carboxylic acids is 1. The molecule has 0 aromatic heterocycles. The molecule has 0 aliphatic heterocycles. The summed E-state index contributed by atoms with van der Waals surface area (Å²) in [6.45, 7) is 2.85. The van der Waals surface area contributed by atoms with Crippen molar-refractivity contribution in [2.75, 3.05) is 12.8 Å². The van der Waals surface area contributed by atoms with Crippen LogP contribution >= 0.6 is 0 Å². The van der Waals surface area contributed by atoms with E-state index in [0.29, 0.717) is 0 Å². The number of nitriles is 1. The minimum absolute atomic E-state index is 0.172. The monoisotopic (exact) mass is 218 g/mol. The summed E-state index contributed by atoms with van der Waals surface area (Å²) in [6, 6.07) is 1.85. The van der Waals surface area contributed by atoms with E-state index in [1.165, 1.54) is 13.8 Å². The molecule has 0 unspecified atom stereocenters. The maximum atomic E-state index is 11.4. The second kappa shape index (κ2) is 4.42. The van der Waals surface area contributed by atoms with Crippen molar-refractivity contribution < 1.29 is 13.2 Å². The van der Waals surface area contributed by atoms with Crippen molar-refractivity contribution in [1.29, 1.82) is 5.26 Å². The van der Waals surface area contributed by atoms with Crippen LogP contribution < -0.4 is 5.32 Å². The van der Waals surface area contributed by atoms with Crippen LogP contribution in [0.1, 0.15) is 20.3 Å². The van der Waals surface area contributed by atoms with Crippen LogP contribution in [-0.4, -0.2) is 31.9 Å². The zero-order valence-electron chi connectivity index (χ0n) is 8.49. The topological polar surface area (TPSA) is 87.0 Å². The molecular weight excluding hydrogens is 204 g/mol. The van der Waals surface area contributed by atoms with E-state index in [2.05, 4.69) is 5.32 Å². The molecule has 0 spiro atoms. The molecule has 0 heterocycles. The van der Waals surface area contributed by atoms with Crippen LogP contribution in [0, 0.1) is 11.3 Å². The Kier molecular flexibility index (Phi) is 4.08. The number of nitrogens with zero attached hydrogens (tertiary/aromatic N) is 1. The van der Waals surface area contributed by atoms with Gasteiger partial charge in [0.1, 0.15) is 4.75 Å². The summed E-state index contributed by atoms with van der Waals surface area (Å²) in [5.74, 6) is -0.574. The molecule has 1 N–H and O–H groups in total. The van der Waals surface area contributed by atoms with Crippen LogP contribution in [0.2, 0.25) is 0 Å². The van der Waals surface area contributed by atoms with Gasteiger partial charge in [0.25, 0.3) is 0 Å². The van der Waals surface area contributed by atoms with Crippen molar-refractivity contribution in [1.82, 2.24) is 5.32 Å². The van der Waals surface area contributed by atoms with Gasteiger partial charge in [-0.15, -0.1) is 0 Å². The van der Waals surface area contributed by atoms with Crippen molar-refractivity contribution in [3.05, 3.63) is 0 Å². The van der Waals surface area contributed by atoms with Crippen molar-refractivity contribution in [2.24, 2.45) is 0 Å². The Labute approximate surface area is 84.0 Å². The Bertz CT molecular complexity index is 351. The van der Waals surface area contributed by atoms with E-state index in [0.717, 1.165) is 6.26 Å². The standard InChI is InChI=1S/C8H14N2O3S/c1-8(2,14(3,12)13)7(11)10-6-4-5-9/h4,6H2,1-3H3,(H,10,11). The van der Waals surface area contributed by atoms with Gasteiger partial charge in [0.2, 0.25) is 5.91 Å². The Morgan fingerprint density at radius 3 is 2.36 bits per heavy atom. The fourth-order valence-corrected chi connectivity index (χ4v) is 1.02. The Morgan fingerprint density at radius 1 is 1.50 bits per heavy atom. The lowest BCUT2D eigenvalue weighted by Gasteiger charge is -2.20. The van der Waals surface area contributed by atoms with Crippen LogP contribution in [-0.2, 0) is 14.6 Å². The molecule has 0 aliphatic carbocycles. The Morgan fingerprint density at radius 2 is 2.00 bits per heavy atom. The summed E-state index contributed by atoms with van der Waals surface area (Å²) in [6.07, 6.45) is 1.18. The third-order valence-corrected chi connectivity index (χ3v) is 4.04. The summed E-state index contributed by atoms with van der Waals surface area (Å²) >= 11 is 0. The Hall–Kier alpha value is -1.09. The molecule has 0 aromatic rings. The molecule has 6 heteroatoms. The number of rotatable bonds is 4. The molecule has 0 fully saturated rings. The molecule has 0 atom stereocenters. The van der Waals surface area contributed by atoms with Gasteiger partial charge in [0.05, 0.1) is 12.5 Å². The minimum atomic E-state index is -3.43. The zero-order valence-corrected chi connectivity index (χ0v) is 9.31. The SMILES string of the molecule is CC(C)(C(=O)NCCC#N)S(C)(=O)=O. The predicted octanol–water partition coefficient (Wildman–Crippen LogP) is -0.161. The highest BCUT2D eigenvalue weighted by molar-refractivity contribution is 7.92. The molecule has 80 valence electrons. The average molecular weight is 218 g/mol. The van der Waals surface area contributed by atoms with Gasteiger partial charge < -0.3 is 5.32 Å². The van der Waals surface area contributed by atoms with Crippen LogP contribution in [0.15, 0.2) is 0 Å². The smallest absolute Gasteiger partial charge is 0.240 e. The molecule has 0 bridgehead atoms. The van der Waals surface area contributed by atoms with Crippen LogP contribution in [0.3, 0.4) is 0 Å². The van der Waals surface area contributed by atoms with E-state index in [1.807, 2.05) is 6.07 Å². The van der Waals surface area contributed by atoms with Crippen molar-refractivity contribution in [3.63, 3.8) is 0 Å². The molecule has 14 heavy (non-hydrogen) atoms. The van der Waals surface area contributed by atoms with Gasteiger partial charge in [0.15, 0.2) is 9.84 Å². The van der Waals surface area contributed by atoms with Crippen LogP contribution in [0.5, 0.6) is 0 Å². The van der Waals surface area contributed by atoms with Gasteiger partial charge in [-0.2, -0.15) is 5.26 Å². The fraction of sp³-hybridized carbons (Fsp3) is 0.750. The van der Waals surface area contributed by atoms with Gasteiger partial charge >= 0.3 is 0 Å². The first-order valence-corrected chi connectivity index (χ1v) is 5.97. The molecule has 0 radical (unpaired) electrons. The lowest BCUT2D eigenvalue weighted by Crippen LogP contribution is -2.47. The molecule has 0 aromatic carbocycles. The third-order valence-electron chi connectivity index (χ3n) is 2.00. The van der Waals surface area contributed by atoms with Crippen molar-refractivity contribution in [2.45, 2.75) is 25.0 Å². The lowest BCUT2D eigenvalue weighted by atomic mass is 10.2. The van der Waals surface area contributed by atoms with Gasteiger partial charge in [-0.25, -0.2) is 8.42 Å². The number of sulfone groups is 1. The highest BCUT2D eigenvalue weighted by atomic mass is 32.2. The van der Waals surface area contributed by atoms with Crippen molar-refractivity contribution >= 4 is 15.7 Å². The molecule has 0 saturated heterocycles. The van der Waals surface area contributed by atoms with Crippen LogP contribution in [0.4, 0.5) is 0 Å². The highest BCUT2D eigenvalue weighted by Crippen LogP contribution is 2.14. The molecule has 0 saturated carbocycles. The number of hydrogen-bond donors (Lipinski definition) is 1. The van der Waals surface area contributed by atoms with Crippen LogP contribution in [0.25, 0.3) is 0 Å². The number of nitrogens with one attached hydrogen (secondary N) is 1.